The lowest BCUT2D eigenvalue weighted by molar-refractivity contribution is -0.385. The number of hydrogen-bond acceptors (Lipinski definition) is 5. The highest BCUT2D eigenvalue weighted by molar-refractivity contribution is 7.89. The molecule has 124 valence electrons. The van der Waals surface area contributed by atoms with E-state index in [9.17, 15) is 18.5 Å². The van der Waals surface area contributed by atoms with Crippen LogP contribution in [0.15, 0.2) is 17.0 Å². The molecule has 0 aromatic heterocycles. The van der Waals surface area contributed by atoms with Crippen molar-refractivity contribution < 1.29 is 13.3 Å². The topological polar surface area (TPSA) is 115 Å². The fraction of sp³-hybridized carbons (Fsp3) is 0.571. The third-order valence-corrected chi connectivity index (χ3v) is 5.28. The van der Waals surface area contributed by atoms with Gasteiger partial charge in [0.05, 0.1) is 9.82 Å². The second kappa shape index (κ2) is 6.31. The molecule has 1 atom stereocenters. The summed E-state index contributed by atoms with van der Waals surface area (Å²) in [7, 11) is -3.90. The van der Waals surface area contributed by atoms with Gasteiger partial charge in [0.25, 0.3) is 5.69 Å². The van der Waals surface area contributed by atoms with Crippen LogP contribution >= 0.6 is 0 Å². The molecule has 1 aromatic carbocycles. The minimum absolute atomic E-state index is 0.0816. The van der Waals surface area contributed by atoms with Gasteiger partial charge in [0.1, 0.15) is 0 Å². The summed E-state index contributed by atoms with van der Waals surface area (Å²) >= 11 is 0. The molecule has 0 radical (unpaired) electrons. The average molecular weight is 329 g/mol. The third-order valence-electron chi connectivity index (χ3n) is 3.68. The van der Waals surface area contributed by atoms with Gasteiger partial charge in [-0.1, -0.05) is 20.8 Å². The number of nitrogens with one attached hydrogen (secondary N) is 1. The highest BCUT2D eigenvalue weighted by Gasteiger charge is 2.30. The van der Waals surface area contributed by atoms with Crippen molar-refractivity contribution in [3.63, 3.8) is 0 Å². The van der Waals surface area contributed by atoms with Crippen LogP contribution in [0.2, 0.25) is 0 Å². The predicted molar refractivity (Wildman–Crippen MR) is 85.2 cm³/mol. The molecule has 7 nitrogen and oxygen atoms in total. The molecule has 0 amide bonds. The summed E-state index contributed by atoms with van der Waals surface area (Å²) in [6.45, 7) is 9.03. The maximum Gasteiger partial charge on any atom is 0.271 e. The fourth-order valence-corrected chi connectivity index (χ4v) is 3.81. The van der Waals surface area contributed by atoms with Crippen LogP contribution < -0.4 is 10.5 Å². The summed E-state index contributed by atoms with van der Waals surface area (Å²) in [5.41, 5.74) is 6.08. The first-order chi connectivity index (χ1) is 9.90. The lowest BCUT2D eigenvalue weighted by Crippen LogP contribution is -2.48. The first kappa shape index (κ1) is 18.5. The van der Waals surface area contributed by atoms with E-state index in [-0.39, 0.29) is 22.5 Å². The monoisotopic (exact) mass is 329 g/mol. The van der Waals surface area contributed by atoms with E-state index in [1.807, 2.05) is 20.8 Å². The SMILES string of the molecule is Cc1cc([N+](=O)[O-])cc(S(=O)(=O)NC(CN)C(C)(C)C)c1C. The molecule has 0 aliphatic heterocycles. The molecule has 3 N–H and O–H groups in total. The second-order valence-corrected chi connectivity index (χ2v) is 8.10. The molecule has 0 spiro atoms. The molecule has 0 saturated heterocycles. The quantitative estimate of drug-likeness (QED) is 0.632. The molecule has 1 rings (SSSR count). The van der Waals surface area contributed by atoms with Crippen molar-refractivity contribution in [1.82, 2.24) is 4.72 Å². The predicted octanol–water partition coefficient (Wildman–Crippen LogP) is 1.86. The molecule has 1 unspecified atom stereocenters. The molecule has 0 fully saturated rings. The molecule has 0 aliphatic rings. The van der Waals surface area contributed by atoms with E-state index >= 15 is 0 Å². The summed E-state index contributed by atoms with van der Waals surface area (Å²) in [4.78, 5) is 10.3. The van der Waals surface area contributed by atoms with Crippen molar-refractivity contribution >= 4 is 15.7 Å². The summed E-state index contributed by atoms with van der Waals surface area (Å²) in [5, 5.41) is 11.0. The molecular formula is C14H23N3O4S. The van der Waals surface area contributed by atoms with Gasteiger partial charge in [-0.15, -0.1) is 0 Å². The average Bonchev–Trinajstić information content (AvgIpc) is 2.37. The Bertz CT molecular complexity index is 678. The van der Waals surface area contributed by atoms with E-state index in [0.717, 1.165) is 6.07 Å². The molecule has 0 aliphatic carbocycles. The summed E-state index contributed by atoms with van der Waals surface area (Å²) in [6, 6.07) is 1.97. The standard InChI is InChI=1S/C14H23N3O4S/c1-9-6-11(17(18)19)7-12(10(9)2)22(20,21)16-13(8-15)14(3,4)5/h6-7,13,16H,8,15H2,1-5H3. The van der Waals surface area contributed by atoms with Gasteiger partial charge in [0.15, 0.2) is 0 Å². The van der Waals surface area contributed by atoms with Gasteiger partial charge in [-0.05, 0) is 30.4 Å². The third kappa shape index (κ3) is 4.02. The van der Waals surface area contributed by atoms with Gasteiger partial charge in [-0.25, -0.2) is 13.1 Å². The number of non-ortho nitro benzene ring substituents is 1. The number of sulfonamides is 1. The molecule has 22 heavy (non-hydrogen) atoms. The molecule has 8 heteroatoms. The van der Waals surface area contributed by atoms with Crippen molar-refractivity contribution in [1.29, 1.82) is 0 Å². The zero-order valence-corrected chi connectivity index (χ0v) is 14.3. The largest absolute Gasteiger partial charge is 0.329 e. The first-order valence-electron chi connectivity index (χ1n) is 6.88. The number of aryl methyl sites for hydroxylation is 1. The Kier molecular flexibility index (Phi) is 5.32. The van der Waals surface area contributed by atoms with Gasteiger partial charge in [-0.3, -0.25) is 10.1 Å². The van der Waals surface area contributed by atoms with Crippen molar-refractivity contribution in [3.8, 4) is 0 Å². The van der Waals surface area contributed by atoms with E-state index in [1.54, 1.807) is 13.8 Å². The van der Waals surface area contributed by atoms with Gasteiger partial charge >= 0.3 is 0 Å². The summed E-state index contributed by atoms with van der Waals surface area (Å²) < 4.78 is 27.8. The van der Waals surface area contributed by atoms with Gasteiger partial charge in [0.2, 0.25) is 10.0 Å². The number of nitrogens with two attached hydrogens (primary N) is 1. The number of rotatable bonds is 5. The Labute approximate surface area is 131 Å². The second-order valence-electron chi connectivity index (χ2n) is 6.42. The zero-order valence-electron chi connectivity index (χ0n) is 13.5. The molecule has 1 aromatic rings. The molecule has 0 saturated carbocycles. The van der Waals surface area contributed by atoms with Crippen LogP contribution in [0.5, 0.6) is 0 Å². The van der Waals surface area contributed by atoms with E-state index in [2.05, 4.69) is 4.72 Å². The number of hydrogen-bond donors (Lipinski definition) is 2. The van der Waals surface area contributed by atoms with Crippen LogP contribution in [0.25, 0.3) is 0 Å². The highest BCUT2D eigenvalue weighted by Crippen LogP contribution is 2.27. The maximum atomic E-state index is 12.6. The summed E-state index contributed by atoms with van der Waals surface area (Å²) in [6.07, 6.45) is 0. The van der Waals surface area contributed by atoms with Gasteiger partial charge in [0, 0.05) is 24.7 Å². The van der Waals surface area contributed by atoms with E-state index in [1.165, 1.54) is 6.07 Å². The Hall–Kier alpha value is -1.51. The van der Waals surface area contributed by atoms with Crippen molar-refractivity contribution in [3.05, 3.63) is 33.4 Å². The Balaban J connectivity index is 3.37. The Morgan fingerprint density at radius 1 is 1.32 bits per heavy atom. The van der Waals surface area contributed by atoms with Crippen LogP contribution in [0, 0.1) is 29.4 Å². The van der Waals surface area contributed by atoms with Crippen molar-refractivity contribution in [2.24, 2.45) is 11.1 Å². The van der Waals surface area contributed by atoms with Crippen molar-refractivity contribution in [2.75, 3.05) is 6.54 Å². The van der Waals surface area contributed by atoms with E-state index in [4.69, 9.17) is 5.73 Å². The van der Waals surface area contributed by atoms with Crippen LogP contribution in [0.3, 0.4) is 0 Å². The van der Waals surface area contributed by atoms with E-state index < -0.39 is 21.0 Å². The lowest BCUT2D eigenvalue weighted by atomic mass is 9.88. The van der Waals surface area contributed by atoms with Crippen LogP contribution in [-0.2, 0) is 10.0 Å². The first-order valence-corrected chi connectivity index (χ1v) is 8.36. The zero-order chi connectivity index (χ0) is 17.3. The van der Waals surface area contributed by atoms with Crippen LogP contribution in [-0.4, -0.2) is 25.9 Å². The molecular weight excluding hydrogens is 306 g/mol. The maximum absolute atomic E-state index is 12.6. The minimum Gasteiger partial charge on any atom is -0.329 e. The Morgan fingerprint density at radius 2 is 1.86 bits per heavy atom. The molecule has 0 heterocycles. The number of nitrogens with zero attached hydrogens (tertiary/aromatic N) is 1. The number of nitro benzene ring substituents is 1. The summed E-state index contributed by atoms with van der Waals surface area (Å²) in [5.74, 6) is 0. The highest BCUT2D eigenvalue weighted by atomic mass is 32.2. The number of benzene rings is 1. The fourth-order valence-electron chi connectivity index (χ4n) is 2.02. The normalized spacial score (nSPS) is 13.9. The van der Waals surface area contributed by atoms with E-state index in [0.29, 0.717) is 11.1 Å². The van der Waals surface area contributed by atoms with Crippen LogP contribution in [0.1, 0.15) is 31.9 Å². The smallest absolute Gasteiger partial charge is 0.271 e. The minimum atomic E-state index is -3.90. The van der Waals surface area contributed by atoms with Gasteiger partial charge in [-0.2, -0.15) is 0 Å². The van der Waals surface area contributed by atoms with Crippen LogP contribution in [0.4, 0.5) is 5.69 Å². The van der Waals surface area contributed by atoms with Crippen molar-refractivity contribution in [2.45, 2.75) is 45.6 Å². The number of nitro groups is 1. The Morgan fingerprint density at radius 3 is 2.27 bits per heavy atom. The molecule has 0 bridgehead atoms. The lowest BCUT2D eigenvalue weighted by Gasteiger charge is -2.30. The van der Waals surface area contributed by atoms with Gasteiger partial charge < -0.3 is 5.73 Å².